The van der Waals surface area contributed by atoms with Crippen molar-refractivity contribution >= 4 is 17.5 Å². The van der Waals surface area contributed by atoms with E-state index in [9.17, 15) is 9.59 Å². The van der Waals surface area contributed by atoms with Gasteiger partial charge in [0.2, 0.25) is 5.91 Å². The molecule has 4 N–H and O–H groups in total. The summed E-state index contributed by atoms with van der Waals surface area (Å²) in [5.74, 6) is 0.259. The second-order valence-corrected chi connectivity index (χ2v) is 5.33. The second kappa shape index (κ2) is 8.42. The summed E-state index contributed by atoms with van der Waals surface area (Å²) in [7, 11) is 1.59. The molecule has 0 radical (unpaired) electrons. The van der Waals surface area contributed by atoms with E-state index in [1.54, 1.807) is 19.2 Å². The maximum Gasteiger partial charge on any atom is 0.251 e. The molecule has 1 aromatic carbocycles. The lowest BCUT2D eigenvalue weighted by atomic mass is 10.0. The maximum absolute atomic E-state index is 12.0. The Bertz CT molecular complexity index is 500. The van der Waals surface area contributed by atoms with Gasteiger partial charge in [0.25, 0.3) is 5.91 Å². The van der Waals surface area contributed by atoms with Crippen molar-refractivity contribution in [1.82, 2.24) is 5.32 Å². The van der Waals surface area contributed by atoms with Crippen LogP contribution in [0.25, 0.3) is 0 Å². The fourth-order valence-electron chi connectivity index (χ4n) is 2.17. The molecule has 1 aromatic rings. The third kappa shape index (κ3) is 5.19. The van der Waals surface area contributed by atoms with Crippen molar-refractivity contribution in [3.05, 3.63) is 29.3 Å². The monoisotopic (exact) mass is 291 g/mol. The van der Waals surface area contributed by atoms with Gasteiger partial charge in [-0.3, -0.25) is 9.59 Å². The van der Waals surface area contributed by atoms with Crippen LogP contribution >= 0.6 is 0 Å². The van der Waals surface area contributed by atoms with E-state index >= 15 is 0 Å². The predicted octanol–water partition coefficient (Wildman–Crippen LogP) is 2.06. The van der Waals surface area contributed by atoms with Crippen LogP contribution in [0.1, 0.15) is 42.1 Å². The highest BCUT2D eigenvalue weighted by atomic mass is 16.2. The molecule has 0 aliphatic carbocycles. The molecule has 0 heterocycles. The molecule has 1 rings (SSSR count). The third-order valence-electron chi connectivity index (χ3n) is 3.60. The highest BCUT2D eigenvalue weighted by Crippen LogP contribution is 2.19. The Morgan fingerprint density at radius 3 is 2.62 bits per heavy atom. The highest BCUT2D eigenvalue weighted by molar-refractivity contribution is 5.99. The molecule has 5 heteroatoms. The van der Waals surface area contributed by atoms with Crippen LogP contribution < -0.4 is 16.4 Å². The first-order valence-corrected chi connectivity index (χ1v) is 7.31. The fraction of sp³-hybridized carbons (Fsp3) is 0.500. The van der Waals surface area contributed by atoms with E-state index in [0.717, 1.165) is 18.4 Å². The molecule has 0 saturated heterocycles. The minimum atomic E-state index is -0.153. The van der Waals surface area contributed by atoms with Gasteiger partial charge in [0.15, 0.2) is 0 Å². The van der Waals surface area contributed by atoms with Gasteiger partial charge < -0.3 is 16.4 Å². The van der Waals surface area contributed by atoms with Crippen LogP contribution in [-0.4, -0.2) is 25.4 Å². The van der Waals surface area contributed by atoms with Gasteiger partial charge in [0, 0.05) is 24.7 Å². The molecule has 0 aliphatic heterocycles. The first-order valence-electron chi connectivity index (χ1n) is 7.31. The van der Waals surface area contributed by atoms with Crippen LogP contribution in [-0.2, 0) is 4.79 Å². The zero-order valence-electron chi connectivity index (χ0n) is 13.0. The number of rotatable bonds is 7. The van der Waals surface area contributed by atoms with Crippen LogP contribution in [0.15, 0.2) is 18.2 Å². The minimum absolute atomic E-state index is 0.0315. The Kier molecular flexibility index (Phi) is 6.88. The quantitative estimate of drug-likeness (QED) is 0.719. The van der Waals surface area contributed by atoms with E-state index in [-0.39, 0.29) is 11.8 Å². The van der Waals surface area contributed by atoms with Crippen molar-refractivity contribution in [2.24, 2.45) is 11.7 Å². The minimum Gasteiger partial charge on any atom is -0.355 e. The van der Waals surface area contributed by atoms with E-state index in [0.29, 0.717) is 30.1 Å². The Hall–Kier alpha value is -1.88. The van der Waals surface area contributed by atoms with Crippen LogP contribution in [0.5, 0.6) is 0 Å². The molecular weight excluding hydrogens is 266 g/mol. The first-order chi connectivity index (χ1) is 9.99. The molecule has 0 spiro atoms. The Labute approximate surface area is 126 Å². The smallest absolute Gasteiger partial charge is 0.251 e. The lowest BCUT2D eigenvalue weighted by molar-refractivity contribution is -0.116. The molecule has 5 nitrogen and oxygen atoms in total. The summed E-state index contributed by atoms with van der Waals surface area (Å²) < 4.78 is 0. The van der Waals surface area contributed by atoms with Crippen molar-refractivity contribution in [3.8, 4) is 0 Å². The number of carbonyl (C=O) groups is 2. The van der Waals surface area contributed by atoms with Crippen molar-refractivity contribution in [1.29, 1.82) is 0 Å². The maximum atomic E-state index is 12.0. The molecule has 1 atom stereocenters. The van der Waals surface area contributed by atoms with Crippen molar-refractivity contribution in [3.63, 3.8) is 0 Å². The number of hydrogen-bond acceptors (Lipinski definition) is 3. The second-order valence-electron chi connectivity index (χ2n) is 5.33. The average Bonchev–Trinajstić information content (AvgIpc) is 2.47. The van der Waals surface area contributed by atoms with Gasteiger partial charge in [-0.1, -0.05) is 13.0 Å². The summed E-state index contributed by atoms with van der Waals surface area (Å²) in [6, 6.07) is 5.32. The number of anilines is 1. The van der Waals surface area contributed by atoms with Crippen LogP contribution in [0.3, 0.4) is 0 Å². The third-order valence-corrected chi connectivity index (χ3v) is 3.60. The molecule has 1 unspecified atom stereocenters. The number of nitrogens with two attached hydrogens (primary N) is 1. The predicted molar refractivity (Wildman–Crippen MR) is 85.3 cm³/mol. The van der Waals surface area contributed by atoms with Gasteiger partial charge >= 0.3 is 0 Å². The van der Waals surface area contributed by atoms with Gasteiger partial charge in [-0.25, -0.2) is 0 Å². The lowest BCUT2D eigenvalue weighted by Crippen LogP contribution is -2.20. The van der Waals surface area contributed by atoms with Gasteiger partial charge in [-0.15, -0.1) is 0 Å². The van der Waals surface area contributed by atoms with Crippen LogP contribution in [0.2, 0.25) is 0 Å². The number of hydrogen-bond donors (Lipinski definition) is 3. The molecule has 21 heavy (non-hydrogen) atoms. The topological polar surface area (TPSA) is 84.2 Å². The molecule has 116 valence electrons. The van der Waals surface area contributed by atoms with Crippen molar-refractivity contribution in [2.45, 2.75) is 33.1 Å². The van der Waals surface area contributed by atoms with Gasteiger partial charge in [0.05, 0.1) is 0 Å². The molecule has 0 bridgehead atoms. The number of amides is 2. The summed E-state index contributed by atoms with van der Waals surface area (Å²) in [5, 5.41) is 5.47. The normalized spacial score (nSPS) is 11.8. The molecular formula is C16H25N3O2. The zero-order chi connectivity index (χ0) is 15.8. The number of nitrogens with one attached hydrogen (secondary N) is 2. The summed E-state index contributed by atoms with van der Waals surface area (Å²) in [6.07, 6.45) is 2.21. The van der Waals surface area contributed by atoms with E-state index in [1.807, 2.05) is 13.0 Å². The van der Waals surface area contributed by atoms with Crippen LogP contribution in [0, 0.1) is 12.8 Å². The standard InChI is InChI=1S/C16H25N3O2/c1-11(9-10-17)7-8-15(20)19-14-6-4-5-13(12(14)2)16(21)18-3/h4-6,11H,7-10,17H2,1-3H3,(H,18,21)(H,19,20). The van der Waals surface area contributed by atoms with E-state index < -0.39 is 0 Å². The van der Waals surface area contributed by atoms with E-state index in [2.05, 4.69) is 17.6 Å². The average molecular weight is 291 g/mol. The van der Waals surface area contributed by atoms with Gasteiger partial charge in [-0.05, 0) is 49.9 Å². The highest BCUT2D eigenvalue weighted by Gasteiger charge is 2.12. The molecule has 2 amide bonds. The summed E-state index contributed by atoms with van der Waals surface area (Å²) in [5.41, 5.74) is 7.54. The van der Waals surface area contributed by atoms with Crippen LogP contribution in [0.4, 0.5) is 5.69 Å². The first kappa shape index (κ1) is 17.2. The van der Waals surface area contributed by atoms with Gasteiger partial charge in [-0.2, -0.15) is 0 Å². The zero-order valence-corrected chi connectivity index (χ0v) is 13.0. The molecule has 0 aliphatic rings. The van der Waals surface area contributed by atoms with Crippen molar-refractivity contribution < 1.29 is 9.59 Å². The number of carbonyl (C=O) groups excluding carboxylic acids is 2. The molecule has 0 saturated carbocycles. The summed E-state index contributed by atoms with van der Waals surface area (Å²) in [4.78, 5) is 23.7. The largest absolute Gasteiger partial charge is 0.355 e. The molecule has 0 fully saturated rings. The Balaban J connectivity index is 2.66. The Morgan fingerprint density at radius 2 is 2.00 bits per heavy atom. The van der Waals surface area contributed by atoms with E-state index in [1.165, 1.54) is 0 Å². The number of benzene rings is 1. The summed E-state index contributed by atoms with van der Waals surface area (Å²) in [6.45, 7) is 4.57. The SMILES string of the molecule is CNC(=O)c1cccc(NC(=O)CCC(C)CCN)c1C. The molecule has 0 aromatic heterocycles. The van der Waals surface area contributed by atoms with E-state index in [4.69, 9.17) is 5.73 Å². The fourth-order valence-corrected chi connectivity index (χ4v) is 2.17. The Morgan fingerprint density at radius 1 is 1.29 bits per heavy atom. The lowest BCUT2D eigenvalue weighted by Gasteiger charge is -2.13. The van der Waals surface area contributed by atoms with Crippen molar-refractivity contribution in [2.75, 3.05) is 18.9 Å². The van der Waals surface area contributed by atoms with Gasteiger partial charge in [0.1, 0.15) is 0 Å². The summed E-state index contributed by atoms with van der Waals surface area (Å²) >= 11 is 0.